The number of anilines is 6. The summed E-state index contributed by atoms with van der Waals surface area (Å²) in [7, 11) is 0. The zero-order valence-corrected chi connectivity index (χ0v) is 67.9. The Kier molecular flexibility index (Phi) is 16.3. The van der Waals surface area contributed by atoms with Crippen LogP contribution >= 0.6 is 11.3 Å². The van der Waals surface area contributed by atoms with Gasteiger partial charge in [0.2, 0.25) is 0 Å². The molecule has 4 heteroatoms. The van der Waals surface area contributed by atoms with Crippen LogP contribution in [0, 0.1) is 0 Å². The Bertz CT molecular complexity index is 7370. The molecule has 4 aliphatic carbocycles. The Balaban J connectivity index is 0.000000140. The first-order chi connectivity index (χ1) is 59.0. The summed E-state index contributed by atoms with van der Waals surface area (Å²) in [6.45, 7) is 9.43. The van der Waals surface area contributed by atoms with Crippen molar-refractivity contribution in [1.82, 2.24) is 0 Å². The largest absolute Gasteiger partial charge is 0.456 e. The molecule has 0 N–H and O–H groups in total. The van der Waals surface area contributed by atoms with Crippen LogP contribution in [0.1, 0.15) is 94.5 Å². The van der Waals surface area contributed by atoms with Gasteiger partial charge in [0.1, 0.15) is 11.2 Å². The Morgan fingerprint density at radius 3 is 1.02 bits per heavy atom. The molecule has 20 aromatic rings. The SMILES string of the molecule is CC1(C)c2ccccc2-c2ccc(N(c3ccc(-c4ccccc4)cc3)c3ccc4c(c3)oc3cc(C5(c6ccccc6)c6ccccc6-c6ccccc65)ccc34)cc21.CC1(C)c2ccccc2-c2ccc(N(c3ccc(-c4ccccc4)cc3)c3cccc4c3sc3cc(C5(c6ccccc6)c6ccccc6-c6ccccc65)ccc34)cc21. The van der Waals surface area contributed by atoms with E-state index in [0.29, 0.717) is 0 Å². The van der Waals surface area contributed by atoms with Crippen molar-refractivity contribution in [3.05, 3.63) is 491 Å². The van der Waals surface area contributed by atoms with Gasteiger partial charge in [0.05, 0.1) is 21.2 Å². The van der Waals surface area contributed by atoms with E-state index in [1.807, 2.05) is 11.3 Å². The number of hydrogen-bond donors (Lipinski definition) is 0. The van der Waals surface area contributed by atoms with Crippen LogP contribution in [0.25, 0.3) is 109 Å². The van der Waals surface area contributed by atoms with E-state index < -0.39 is 10.8 Å². The molecule has 120 heavy (non-hydrogen) atoms. The molecule has 0 unspecified atom stereocenters. The molecule has 0 fully saturated rings. The van der Waals surface area contributed by atoms with E-state index in [4.69, 9.17) is 4.42 Å². The molecule has 0 amide bonds. The minimum Gasteiger partial charge on any atom is -0.456 e. The van der Waals surface area contributed by atoms with Gasteiger partial charge in [-0.1, -0.05) is 367 Å². The molecule has 18 aromatic carbocycles. The van der Waals surface area contributed by atoms with Crippen molar-refractivity contribution in [3.63, 3.8) is 0 Å². The summed E-state index contributed by atoms with van der Waals surface area (Å²) >= 11 is 1.91. The second-order valence-corrected chi connectivity index (χ2v) is 34.7. The predicted molar refractivity (Wildman–Crippen MR) is 503 cm³/mol. The summed E-state index contributed by atoms with van der Waals surface area (Å²) in [5, 5.41) is 4.78. The fourth-order valence-electron chi connectivity index (χ4n) is 21.2. The maximum atomic E-state index is 6.97. The van der Waals surface area contributed by atoms with Crippen LogP contribution in [0.15, 0.2) is 429 Å². The topological polar surface area (TPSA) is 19.6 Å². The first kappa shape index (κ1) is 70.9. The lowest BCUT2D eigenvalue weighted by atomic mass is 9.67. The molecule has 0 bridgehead atoms. The van der Waals surface area contributed by atoms with Gasteiger partial charge in [-0.25, -0.2) is 0 Å². The number of fused-ring (bicyclic) bond motifs is 18. The number of hydrogen-bond acceptors (Lipinski definition) is 4. The van der Waals surface area contributed by atoms with Crippen LogP contribution < -0.4 is 9.80 Å². The summed E-state index contributed by atoms with van der Waals surface area (Å²) in [5.74, 6) is 0. The summed E-state index contributed by atoms with van der Waals surface area (Å²) in [5.41, 5.74) is 38.4. The fraction of sp³-hybridized carbons (Fsp3) is 0.0690. The lowest BCUT2D eigenvalue weighted by Crippen LogP contribution is -2.28. The molecule has 0 spiro atoms. The molecule has 3 nitrogen and oxygen atoms in total. The molecular weight excluding hydrogens is 1470 g/mol. The van der Waals surface area contributed by atoms with Crippen LogP contribution in [0.2, 0.25) is 0 Å². The molecule has 0 aliphatic heterocycles. The van der Waals surface area contributed by atoms with Crippen molar-refractivity contribution in [2.75, 3.05) is 9.80 Å². The first-order valence-electron chi connectivity index (χ1n) is 41.8. The van der Waals surface area contributed by atoms with Crippen LogP contribution in [0.3, 0.4) is 0 Å². The average Bonchev–Trinajstić information content (AvgIpc) is 1.53. The van der Waals surface area contributed by atoms with Crippen molar-refractivity contribution in [1.29, 1.82) is 0 Å². The minimum atomic E-state index is -0.490. The molecule has 24 rings (SSSR count). The molecular formula is C116H82N2OS. The third-order valence-electron chi connectivity index (χ3n) is 26.7. The summed E-state index contributed by atoms with van der Waals surface area (Å²) in [4.78, 5) is 4.87. The van der Waals surface area contributed by atoms with E-state index in [1.54, 1.807) is 0 Å². The Hall–Kier alpha value is -14.4. The summed E-state index contributed by atoms with van der Waals surface area (Å²) in [6.07, 6.45) is 0. The monoisotopic (exact) mass is 1550 g/mol. The first-order valence-corrected chi connectivity index (χ1v) is 42.7. The summed E-state index contributed by atoms with van der Waals surface area (Å²) < 4.78 is 9.54. The lowest BCUT2D eigenvalue weighted by molar-refractivity contribution is 0.660. The third kappa shape index (κ3) is 10.7. The number of rotatable bonds is 12. The molecule has 0 saturated heterocycles. The Morgan fingerprint density at radius 1 is 0.217 bits per heavy atom. The predicted octanol–water partition coefficient (Wildman–Crippen LogP) is 31.3. The molecule has 0 radical (unpaired) electrons. The number of thiophene rings is 1. The van der Waals surface area contributed by atoms with Crippen LogP contribution in [-0.4, -0.2) is 0 Å². The number of furan rings is 1. The van der Waals surface area contributed by atoms with E-state index in [-0.39, 0.29) is 10.8 Å². The van der Waals surface area contributed by atoms with Gasteiger partial charge in [-0.15, -0.1) is 11.3 Å². The second-order valence-electron chi connectivity index (χ2n) is 33.7. The Labute approximate surface area is 704 Å². The van der Waals surface area contributed by atoms with Crippen LogP contribution in [-0.2, 0) is 21.7 Å². The lowest BCUT2D eigenvalue weighted by Gasteiger charge is -2.33. The normalized spacial score (nSPS) is 14.1. The molecule has 2 aromatic heterocycles. The van der Waals surface area contributed by atoms with Gasteiger partial charge < -0.3 is 14.2 Å². The molecule has 2 heterocycles. The van der Waals surface area contributed by atoms with E-state index in [9.17, 15) is 0 Å². The highest BCUT2D eigenvalue weighted by atomic mass is 32.1. The van der Waals surface area contributed by atoms with E-state index in [0.717, 1.165) is 50.4 Å². The maximum Gasteiger partial charge on any atom is 0.137 e. The number of benzene rings is 18. The van der Waals surface area contributed by atoms with E-state index >= 15 is 0 Å². The van der Waals surface area contributed by atoms with Crippen molar-refractivity contribution < 1.29 is 4.42 Å². The number of nitrogens with zero attached hydrogens (tertiary/aromatic N) is 2. The zero-order valence-electron chi connectivity index (χ0n) is 67.1. The van der Waals surface area contributed by atoms with Crippen molar-refractivity contribution >= 4 is 87.6 Å². The maximum absolute atomic E-state index is 6.97. The van der Waals surface area contributed by atoms with Gasteiger partial charge in [0, 0.05) is 71.6 Å². The van der Waals surface area contributed by atoms with Gasteiger partial charge in [0.25, 0.3) is 0 Å². The van der Waals surface area contributed by atoms with Gasteiger partial charge >= 0.3 is 0 Å². The second kappa shape index (κ2) is 27.6. The standard InChI is InChI=1S/C58H41NO.C58H41NS/c1-57(2)51-22-12-9-19-45(51)48-33-30-43(36-54(48)57)59(42-28-25-39(26-29-42)38-15-5-3-6-16-38)44-31-34-50-49-32-27-41(35-55(49)60-56(50)37-44)58(40-17-7-4-8-18-40)52-23-13-10-20-46(52)47-21-11-14-24-53(47)58;1-57(2)50-24-12-9-20-44(50)47-35-33-43(37-53(47)57)59(42-31-28-39(29-32-42)38-16-5-3-6-17-38)54-27-15-23-49-48-34-30-41(36-55(48)60-56(49)54)58(40-18-7-4-8-19-40)51-25-13-10-21-45(51)46-22-11-14-26-52(46)58/h2*3-37H,1-2H3. The van der Waals surface area contributed by atoms with Gasteiger partial charge in [-0.2, -0.15) is 0 Å². The molecule has 0 atom stereocenters. The summed E-state index contributed by atoms with van der Waals surface area (Å²) in [6, 6.07) is 157. The highest BCUT2D eigenvalue weighted by Crippen LogP contribution is 2.61. The van der Waals surface area contributed by atoms with Crippen molar-refractivity contribution in [3.8, 4) is 66.8 Å². The zero-order chi connectivity index (χ0) is 80.0. The van der Waals surface area contributed by atoms with Crippen molar-refractivity contribution in [2.24, 2.45) is 0 Å². The highest BCUT2D eigenvalue weighted by molar-refractivity contribution is 7.26. The molecule has 4 aliphatic rings. The van der Waals surface area contributed by atoms with Gasteiger partial charge in [0.15, 0.2) is 0 Å². The van der Waals surface area contributed by atoms with Gasteiger partial charge in [-0.05, 0) is 212 Å². The quantitative estimate of drug-likeness (QED) is 0.122. The van der Waals surface area contributed by atoms with Gasteiger partial charge in [-0.3, -0.25) is 0 Å². The average molecular weight is 1550 g/mol. The Morgan fingerprint density at radius 2 is 0.550 bits per heavy atom. The third-order valence-corrected chi connectivity index (χ3v) is 27.9. The smallest absolute Gasteiger partial charge is 0.137 e. The van der Waals surface area contributed by atoms with Crippen molar-refractivity contribution in [2.45, 2.75) is 49.4 Å². The fourth-order valence-corrected chi connectivity index (χ4v) is 22.4. The molecule has 0 saturated carbocycles. The minimum absolute atomic E-state index is 0.114. The highest BCUT2D eigenvalue weighted by Gasteiger charge is 2.48. The van der Waals surface area contributed by atoms with E-state index in [1.165, 1.54) is 159 Å². The molecule has 568 valence electrons. The van der Waals surface area contributed by atoms with Crippen LogP contribution in [0.5, 0.6) is 0 Å². The van der Waals surface area contributed by atoms with E-state index in [2.05, 4.69) is 462 Å². The van der Waals surface area contributed by atoms with Crippen LogP contribution in [0.4, 0.5) is 34.1 Å².